The summed E-state index contributed by atoms with van der Waals surface area (Å²) in [6.45, 7) is 1.68. The fourth-order valence-electron chi connectivity index (χ4n) is 5.39. The summed E-state index contributed by atoms with van der Waals surface area (Å²) < 4.78 is 0. The monoisotopic (exact) mass is 398 g/mol. The van der Waals surface area contributed by atoms with Crippen LogP contribution in [0.3, 0.4) is 0 Å². The molecule has 29 heavy (non-hydrogen) atoms. The van der Waals surface area contributed by atoms with Crippen molar-refractivity contribution in [3.63, 3.8) is 0 Å². The zero-order valence-corrected chi connectivity index (χ0v) is 18.0. The van der Waals surface area contributed by atoms with Gasteiger partial charge in [-0.1, -0.05) is 30.3 Å². The molecule has 0 aromatic heterocycles. The van der Waals surface area contributed by atoms with Gasteiger partial charge in [0.1, 0.15) is 6.54 Å². The first-order valence-electron chi connectivity index (χ1n) is 10.9. The van der Waals surface area contributed by atoms with Crippen LogP contribution >= 0.6 is 0 Å². The summed E-state index contributed by atoms with van der Waals surface area (Å²) in [6.07, 6.45) is 6.44. The summed E-state index contributed by atoms with van der Waals surface area (Å²) in [5.41, 5.74) is 1.23. The van der Waals surface area contributed by atoms with E-state index in [4.69, 9.17) is 0 Å². The van der Waals surface area contributed by atoms with E-state index < -0.39 is 0 Å². The highest BCUT2D eigenvalue weighted by molar-refractivity contribution is 5.85. The standard InChI is InChI=1S/C23H34N4O2/c1-24-20(28)16-26-17-22(27(21(26)29)15-18-9-10-18)11-13-23(14-12-22,25(2)3)19-7-5-4-6-8-19/h4-8,18H,9-17H2,1-3H3,(H,24,28). The minimum Gasteiger partial charge on any atom is -0.358 e. The predicted octanol–water partition coefficient (Wildman–Crippen LogP) is 2.65. The predicted molar refractivity (Wildman–Crippen MR) is 113 cm³/mol. The van der Waals surface area contributed by atoms with Crippen molar-refractivity contribution >= 4 is 11.9 Å². The number of carbonyl (C=O) groups is 2. The van der Waals surface area contributed by atoms with E-state index in [1.165, 1.54) is 18.4 Å². The average molecular weight is 399 g/mol. The second-order valence-electron chi connectivity index (χ2n) is 9.38. The highest BCUT2D eigenvalue weighted by atomic mass is 16.2. The maximum Gasteiger partial charge on any atom is 0.321 e. The summed E-state index contributed by atoms with van der Waals surface area (Å²) in [5.74, 6) is 0.551. The largest absolute Gasteiger partial charge is 0.358 e. The third-order valence-electron chi connectivity index (χ3n) is 7.49. The Morgan fingerprint density at radius 1 is 1.14 bits per heavy atom. The number of carbonyl (C=O) groups excluding carboxylic acids is 2. The molecule has 3 fully saturated rings. The second-order valence-corrected chi connectivity index (χ2v) is 9.38. The van der Waals surface area contributed by atoms with Gasteiger partial charge in [0.25, 0.3) is 0 Å². The molecule has 1 saturated heterocycles. The van der Waals surface area contributed by atoms with Crippen molar-refractivity contribution in [2.24, 2.45) is 5.92 Å². The van der Waals surface area contributed by atoms with Gasteiger partial charge in [0.05, 0.1) is 5.54 Å². The number of urea groups is 1. The summed E-state index contributed by atoms with van der Waals surface area (Å²) in [4.78, 5) is 31.5. The van der Waals surface area contributed by atoms with Crippen molar-refractivity contribution in [1.29, 1.82) is 0 Å². The fraction of sp³-hybridized carbons (Fsp3) is 0.652. The molecule has 4 rings (SSSR count). The van der Waals surface area contributed by atoms with Crippen molar-refractivity contribution in [3.05, 3.63) is 35.9 Å². The van der Waals surface area contributed by atoms with Gasteiger partial charge in [-0.2, -0.15) is 0 Å². The first-order valence-corrected chi connectivity index (χ1v) is 10.9. The minimum atomic E-state index is -0.137. The second kappa shape index (κ2) is 7.63. The van der Waals surface area contributed by atoms with Gasteiger partial charge >= 0.3 is 6.03 Å². The third-order valence-corrected chi connectivity index (χ3v) is 7.49. The average Bonchev–Trinajstić information content (AvgIpc) is 3.52. The Labute approximate surface area is 174 Å². The maximum absolute atomic E-state index is 13.2. The van der Waals surface area contributed by atoms with Gasteiger partial charge in [-0.25, -0.2) is 4.79 Å². The molecule has 0 bridgehead atoms. The SMILES string of the molecule is CNC(=O)CN1CC2(CCC(c3ccccc3)(N(C)C)CC2)N(CC2CC2)C1=O. The maximum atomic E-state index is 13.2. The molecule has 3 aliphatic rings. The Morgan fingerprint density at radius 2 is 1.79 bits per heavy atom. The topological polar surface area (TPSA) is 55.9 Å². The van der Waals surface area contributed by atoms with Crippen LogP contribution in [-0.4, -0.2) is 73.0 Å². The Hall–Kier alpha value is -2.08. The molecule has 2 aliphatic carbocycles. The number of benzene rings is 1. The molecule has 1 aromatic carbocycles. The van der Waals surface area contributed by atoms with Crippen LogP contribution in [0.4, 0.5) is 4.79 Å². The lowest BCUT2D eigenvalue weighted by molar-refractivity contribution is -0.121. The first-order chi connectivity index (χ1) is 13.9. The first kappa shape index (κ1) is 20.2. The highest BCUT2D eigenvalue weighted by Crippen LogP contribution is 2.49. The van der Waals surface area contributed by atoms with E-state index in [1.54, 1.807) is 11.9 Å². The molecule has 1 aliphatic heterocycles. The lowest BCUT2D eigenvalue weighted by Crippen LogP contribution is -2.55. The molecule has 2 saturated carbocycles. The fourth-order valence-corrected chi connectivity index (χ4v) is 5.39. The molecule has 1 heterocycles. The van der Waals surface area contributed by atoms with Crippen LogP contribution in [0.25, 0.3) is 0 Å². The molecular formula is C23H34N4O2. The quantitative estimate of drug-likeness (QED) is 0.802. The minimum absolute atomic E-state index is 0.00895. The molecular weight excluding hydrogens is 364 g/mol. The van der Waals surface area contributed by atoms with E-state index in [0.29, 0.717) is 12.5 Å². The molecule has 158 valence electrons. The van der Waals surface area contributed by atoms with E-state index in [9.17, 15) is 9.59 Å². The van der Waals surface area contributed by atoms with Gasteiger partial charge in [0.2, 0.25) is 5.91 Å². The summed E-state index contributed by atoms with van der Waals surface area (Å²) >= 11 is 0. The molecule has 6 nitrogen and oxygen atoms in total. The molecule has 3 amide bonds. The van der Waals surface area contributed by atoms with Crippen LogP contribution in [-0.2, 0) is 10.3 Å². The lowest BCUT2D eigenvalue weighted by atomic mass is 9.68. The molecule has 6 heteroatoms. The Kier molecular flexibility index (Phi) is 5.32. The van der Waals surface area contributed by atoms with Gasteiger partial charge in [-0.05, 0) is 64.1 Å². The summed E-state index contributed by atoms with van der Waals surface area (Å²) in [6, 6.07) is 10.8. The van der Waals surface area contributed by atoms with Crippen molar-refractivity contribution < 1.29 is 9.59 Å². The Morgan fingerprint density at radius 3 is 2.34 bits per heavy atom. The Bertz CT molecular complexity index is 751. The number of nitrogens with one attached hydrogen (secondary N) is 1. The Balaban J connectivity index is 1.58. The van der Waals surface area contributed by atoms with Gasteiger partial charge in [-0.3, -0.25) is 9.69 Å². The highest BCUT2D eigenvalue weighted by Gasteiger charge is 2.55. The molecule has 1 spiro atoms. The van der Waals surface area contributed by atoms with Gasteiger partial charge < -0.3 is 15.1 Å². The van der Waals surface area contributed by atoms with E-state index in [0.717, 1.165) is 32.2 Å². The van der Waals surface area contributed by atoms with Gasteiger partial charge in [0.15, 0.2) is 0 Å². The van der Waals surface area contributed by atoms with Crippen molar-refractivity contribution in [2.75, 3.05) is 40.8 Å². The van der Waals surface area contributed by atoms with Crippen molar-refractivity contribution in [1.82, 2.24) is 20.0 Å². The van der Waals surface area contributed by atoms with Crippen molar-refractivity contribution in [3.8, 4) is 0 Å². The molecule has 1 aromatic rings. The van der Waals surface area contributed by atoms with E-state index >= 15 is 0 Å². The van der Waals surface area contributed by atoms with Crippen LogP contribution in [0.2, 0.25) is 0 Å². The molecule has 0 unspecified atom stereocenters. The van der Waals surface area contributed by atoms with Crippen LogP contribution < -0.4 is 5.32 Å². The van der Waals surface area contributed by atoms with Crippen LogP contribution in [0.1, 0.15) is 44.1 Å². The van der Waals surface area contributed by atoms with Crippen LogP contribution in [0.5, 0.6) is 0 Å². The normalized spacial score (nSPS) is 29.7. The van der Waals surface area contributed by atoms with Crippen molar-refractivity contribution in [2.45, 2.75) is 49.6 Å². The third kappa shape index (κ3) is 3.63. The van der Waals surface area contributed by atoms with Gasteiger partial charge in [0, 0.05) is 25.7 Å². The zero-order chi connectivity index (χ0) is 20.6. The number of rotatable bonds is 6. The molecule has 0 atom stereocenters. The van der Waals surface area contributed by atoms with Gasteiger partial charge in [-0.15, -0.1) is 0 Å². The lowest BCUT2D eigenvalue weighted by Gasteiger charge is -2.51. The molecule has 0 radical (unpaired) electrons. The smallest absolute Gasteiger partial charge is 0.321 e. The van der Waals surface area contributed by atoms with E-state index in [-0.39, 0.29) is 29.6 Å². The van der Waals surface area contributed by atoms with E-state index in [1.807, 2.05) is 0 Å². The number of nitrogens with zero attached hydrogens (tertiary/aromatic N) is 3. The number of hydrogen-bond acceptors (Lipinski definition) is 3. The summed E-state index contributed by atoms with van der Waals surface area (Å²) in [5, 5.41) is 2.66. The molecule has 1 N–H and O–H groups in total. The van der Waals surface area contributed by atoms with Crippen LogP contribution in [0, 0.1) is 5.92 Å². The number of amides is 3. The van der Waals surface area contributed by atoms with Crippen LogP contribution in [0.15, 0.2) is 30.3 Å². The number of likely N-dealkylation sites (N-methyl/N-ethyl adjacent to an activating group) is 1. The summed E-state index contributed by atoms with van der Waals surface area (Å²) in [7, 11) is 5.97. The zero-order valence-electron chi connectivity index (χ0n) is 18.0. The number of hydrogen-bond donors (Lipinski definition) is 1. The van der Waals surface area contributed by atoms with E-state index in [2.05, 4.69) is 59.5 Å².